The number of non-ortho nitro benzene ring substituents is 1. The molecule has 2 heterocycles. The fourth-order valence-corrected chi connectivity index (χ4v) is 5.02. The second-order valence-electron chi connectivity index (χ2n) is 6.89. The van der Waals surface area contributed by atoms with Crippen LogP contribution in [0.1, 0.15) is 24.8 Å². The van der Waals surface area contributed by atoms with E-state index in [-0.39, 0.29) is 23.1 Å². The van der Waals surface area contributed by atoms with E-state index < -0.39 is 14.9 Å². The van der Waals surface area contributed by atoms with Crippen LogP contribution in [0, 0.1) is 10.1 Å². The van der Waals surface area contributed by atoms with E-state index in [9.17, 15) is 18.5 Å². The van der Waals surface area contributed by atoms with E-state index in [1.165, 1.54) is 22.7 Å². The maximum Gasteiger partial charge on any atom is 0.270 e. The quantitative estimate of drug-likeness (QED) is 0.423. The molecule has 2 aliphatic rings. The first kappa shape index (κ1) is 20.1. The summed E-state index contributed by atoms with van der Waals surface area (Å²) in [4.78, 5) is 10.4. The van der Waals surface area contributed by atoms with Crippen LogP contribution in [0.25, 0.3) is 0 Å². The standard InChI is InChI=1S/C19H20N4O6S/c24-23(25)15-5-6-16(19(11-15)30(26,27)22-8-2-1-3-9-22)21-20-12-14-4-7-17-18(10-14)29-13-28-17/h4-7,10-12,21H,1-3,8-9,13H2/b20-12-. The molecule has 2 aliphatic heterocycles. The van der Waals surface area contributed by atoms with Crippen LogP contribution in [0.2, 0.25) is 0 Å². The molecule has 158 valence electrons. The largest absolute Gasteiger partial charge is 0.454 e. The fourth-order valence-electron chi connectivity index (χ4n) is 3.34. The van der Waals surface area contributed by atoms with Crippen molar-refractivity contribution in [3.8, 4) is 11.5 Å². The highest BCUT2D eigenvalue weighted by molar-refractivity contribution is 7.89. The molecule has 2 aromatic carbocycles. The summed E-state index contributed by atoms with van der Waals surface area (Å²) in [6.07, 6.45) is 3.99. The first-order valence-corrected chi connectivity index (χ1v) is 10.9. The number of hydrogen-bond acceptors (Lipinski definition) is 8. The van der Waals surface area contributed by atoms with Crippen LogP contribution in [0.3, 0.4) is 0 Å². The van der Waals surface area contributed by atoms with Gasteiger partial charge >= 0.3 is 0 Å². The number of nitro groups is 1. The number of hydrazone groups is 1. The number of nitro benzene ring substituents is 1. The lowest BCUT2D eigenvalue weighted by Crippen LogP contribution is -2.35. The van der Waals surface area contributed by atoms with Gasteiger partial charge in [-0.3, -0.25) is 15.5 Å². The summed E-state index contributed by atoms with van der Waals surface area (Å²) >= 11 is 0. The second kappa shape index (κ2) is 8.28. The molecule has 4 rings (SSSR count). The Morgan fingerprint density at radius 3 is 2.60 bits per heavy atom. The average molecular weight is 432 g/mol. The molecule has 0 radical (unpaired) electrons. The Balaban J connectivity index is 1.61. The Morgan fingerprint density at radius 2 is 1.83 bits per heavy atom. The summed E-state index contributed by atoms with van der Waals surface area (Å²) in [5.41, 5.74) is 3.30. The van der Waals surface area contributed by atoms with Crippen molar-refractivity contribution in [3.05, 3.63) is 52.1 Å². The van der Waals surface area contributed by atoms with Crippen molar-refractivity contribution in [2.45, 2.75) is 24.2 Å². The molecule has 1 saturated heterocycles. The first-order valence-electron chi connectivity index (χ1n) is 9.42. The molecule has 11 heteroatoms. The van der Waals surface area contributed by atoms with Crippen LogP contribution in [0.5, 0.6) is 11.5 Å². The highest BCUT2D eigenvalue weighted by atomic mass is 32.2. The van der Waals surface area contributed by atoms with Gasteiger partial charge in [-0.05, 0) is 42.7 Å². The first-order chi connectivity index (χ1) is 14.4. The van der Waals surface area contributed by atoms with Gasteiger partial charge < -0.3 is 9.47 Å². The third-order valence-electron chi connectivity index (χ3n) is 4.90. The zero-order valence-corrected chi connectivity index (χ0v) is 16.8. The molecule has 0 spiro atoms. The Morgan fingerprint density at radius 1 is 1.07 bits per heavy atom. The van der Waals surface area contributed by atoms with Crippen molar-refractivity contribution in [3.63, 3.8) is 0 Å². The molecule has 10 nitrogen and oxygen atoms in total. The molecule has 2 aromatic rings. The molecule has 1 N–H and O–H groups in total. The van der Waals surface area contributed by atoms with Crippen molar-refractivity contribution in [2.24, 2.45) is 5.10 Å². The van der Waals surface area contributed by atoms with Crippen LogP contribution in [0.15, 0.2) is 46.4 Å². The predicted molar refractivity (Wildman–Crippen MR) is 109 cm³/mol. The third-order valence-corrected chi connectivity index (χ3v) is 6.84. The molecule has 1 fully saturated rings. The minimum atomic E-state index is -3.90. The van der Waals surface area contributed by atoms with Gasteiger partial charge in [-0.15, -0.1) is 0 Å². The van der Waals surface area contributed by atoms with Gasteiger partial charge in [-0.25, -0.2) is 8.42 Å². The number of rotatable bonds is 6. The summed E-state index contributed by atoms with van der Waals surface area (Å²) in [5.74, 6) is 1.24. The summed E-state index contributed by atoms with van der Waals surface area (Å²) in [6, 6.07) is 8.94. The topological polar surface area (TPSA) is 123 Å². The lowest BCUT2D eigenvalue weighted by Gasteiger charge is -2.26. The van der Waals surface area contributed by atoms with Crippen molar-refractivity contribution < 1.29 is 22.8 Å². The van der Waals surface area contributed by atoms with Gasteiger partial charge in [-0.1, -0.05) is 6.42 Å². The number of benzene rings is 2. The SMILES string of the molecule is O=[N+]([O-])c1ccc(N/N=C\c2ccc3c(c2)OCO3)c(S(=O)(=O)N2CCCCC2)c1. The van der Waals surface area contributed by atoms with E-state index in [1.807, 2.05) is 0 Å². The normalized spacial score (nSPS) is 16.7. The Bertz CT molecular complexity index is 1100. The van der Waals surface area contributed by atoms with E-state index in [2.05, 4.69) is 10.5 Å². The number of sulfonamides is 1. The molecule has 0 aromatic heterocycles. The van der Waals surface area contributed by atoms with Crippen LogP contribution in [-0.2, 0) is 10.0 Å². The van der Waals surface area contributed by atoms with Crippen molar-refractivity contribution in [1.82, 2.24) is 4.31 Å². The number of piperidine rings is 1. The number of ether oxygens (including phenoxy) is 2. The zero-order chi connectivity index (χ0) is 21.1. The third kappa shape index (κ3) is 4.07. The lowest BCUT2D eigenvalue weighted by atomic mass is 10.2. The minimum Gasteiger partial charge on any atom is -0.454 e. The van der Waals surface area contributed by atoms with Gasteiger partial charge in [0.15, 0.2) is 11.5 Å². The van der Waals surface area contributed by atoms with E-state index in [0.29, 0.717) is 30.2 Å². The average Bonchev–Trinajstić information content (AvgIpc) is 3.22. The number of fused-ring (bicyclic) bond motifs is 1. The number of anilines is 1. The monoisotopic (exact) mass is 432 g/mol. The second-order valence-corrected chi connectivity index (χ2v) is 8.79. The van der Waals surface area contributed by atoms with E-state index in [0.717, 1.165) is 25.3 Å². The maximum absolute atomic E-state index is 13.1. The lowest BCUT2D eigenvalue weighted by molar-refractivity contribution is -0.385. The van der Waals surface area contributed by atoms with E-state index in [1.54, 1.807) is 18.2 Å². The van der Waals surface area contributed by atoms with Crippen LogP contribution >= 0.6 is 0 Å². The minimum absolute atomic E-state index is 0.161. The number of nitrogens with zero attached hydrogens (tertiary/aromatic N) is 3. The summed E-state index contributed by atoms with van der Waals surface area (Å²) in [6.45, 7) is 0.949. The molecular formula is C19H20N4O6S. The molecule has 0 bridgehead atoms. The number of nitrogens with one attached hydrogen (secondary N) is 1. The molecule has 0 atom stereocenters. The summed E-state index contributed by atoms with van der Waals surface area (Å²) < 4.78 is 38.2. The summed E-state index contributed by atoms with van der Waals surface area (Å²) in [7, 11) is -3.90. The van der Waals surface area contributed by atoms with Gasteiger partial charge in [0.25, 0.3) is 5.69 Å². The van der Waals surface area contributed by atoms with Crippen LogP contribution in [-0.4, -0.2) is 43.7 Å². The highest BCUT2D eigenvalue weighted by Crippen LogP contribution is 2.32. The smallest absolute Gasteiger partial charge is 0.270 e. The number of hydrogen-bond donors (Lipinski definition) is 1. The highest BCUT2D eigenvalue weighted by Gasteiger charge is 2.30. The van der Waals surface area contributed by atoms with Gasteiger partial charge in [0.2, 0.25) is 16.8 Å². The van der Waals surface area contributed by atoms with E-state index >= 15 is 0 Å². The Labute approximate surface area is 173 Å². The molecule has 0 unspecified atom stereocenters. The van der Waals surface area contributed by atoms with E-state index in [4.69, 9.17) is 9.47 Å². The fraction of sp³-hybridized carbons (Fsp3) is 0.316. The molecule has 0 saturated carbocycles. The Kier molecular flexibility index (Phi) is 5.55. The van der Waals surface area contributed by atoms with Gasteiger partial charge in [-0.2, -0.15) is 9.41 Å². The van der Waals surface area contributed by atoms with Gasteiger partial charge in [0.05, 0.1) is 16.8 Å². The van der Waals surface area contributed by atoms with Crippen molar-refractivity contribution in [1.29, 1.82) is 0 Å². The van der Waals surface area contributed by atoms with Crippen LogP contribution < -0.4 is 14.9 Å². The van der Waals surface area contributed by atoms with Gasteiger partial charge in [0, 0.05) is 25.2 Å². The van der Waals surface area contributed by atoms with Gasteiger partial charge in [0.1, 0.15) is 4.90 Å². The molecule has 0 aliphatic carbocycles. The molecule has 30 heavy (non-hydrogen) atoms. The van der Waals surface area contributed by atoms with Crippen molar-refractivity contribution in [2.75, 3.05) is 25.3 Å². The molecule has 0 amide bonds. The predicted octanol–water partition coefficient (Wildman–Crippen LogP) is 2.94. The summed E-state index contributed by atoms with van der Waals surface area (Å²) in [5, 5.41) is 15.3. The molecular weight excluding hydrogens is 412 g/mol. The Hall–Kier alpha value is -3.18. The zero-order valence-electron chi connectivity index (χ0n) is 16.0. The van der Waals surface area contributed by atoms with Crippen LogP contribution in [0.4, 0.5) is 11.4 Å². The van der Waals surface area contributed by atoms with Crippen molar-refractivity contribution >= 4 is 27.6 Å². The maximum atomic E-state index is 13.1.